The minimum Gasteiger partial charge on any atom is -0.493 e. The number of carbonyl (C=O) groups is 1. The molecular formula is C25H33NO6. The highest BCUT2D eigenvalue weighted by molar-refractivity contribution is 5.87. The first kappa shape index (κ1) is 23.9. The van der Waals surface area contributed by atoms with Crippen LogP contribution >= 0.6 is 0 Å². The van der Waals surface area contributed by atoms with Gasteiger partial charge in [-0.05, 0) is 36.0 Å². The summed E-state index contributed by atoms with van der Waals surface area (Å²) >= 11 is 0. The van der Waals surface area contributed by atoms with Crippen molar-refractivity contribution in [2.75, 3.05) is 27.4 Å². The lowest BCUT2D eigenvalue weighted by Gasteiger charge is -2.32. The number of nitrogens with zero attached hydrogens (tertiary/aromatic N) is 1. The molecule has 7 nitrogen and oxygen atoms in total. The zero-order valence-electron chi connectivity index (χ0n) is 19.6. The summed E-state index contributed by atoms with van der Waals surface area (Å²) < 4.78 is 18.6. The smallest absolute Gasteiger partial charge is 0.341 e. The third kappa shape index (κ3) is 5.33. The number of aromatic carboxylic acids is 1. The summed E-state index contributed by atoms with van der Waals surface area (Å²) in [5.74, 6) is 0.202. The molecule has 0 bridgehead atoms. The summed E-state index contributed by atoms with van der Waals surface area (Å²) in [5, 5.41) is 9.42. The number of rotatable bonds is 9. The molecule has 0 amide bonds. The number of carboxylic acid groups (broad SMARTS) is 1. The van der Waals surface area contributed by atoms with Gasteiger partial charge in [-0.2, -0.15) is 0 Å². The Hall–Kier alpha value is -2.80. The van der Waals surface area contributed by atoms with Gasteiger partial charge in [-0.3, -0.25) is 4.79 Å². The number of fused-ring (bicyclic) bond motifs is 3. The average Bonchev–Trinajstić information content (AvgIpc) is 2.73. The van der Waals surface area contributed by atoms with Crippen molar-refractivity contribution in [1.82, 2.24) is 4.57 Å². The molecule has 0 saturated heterocycles. The predicted molar refractivity (Wildman–Crippen MR) is 123 cm³/mol. The molecule has 0 radical (unpaired) electrons. The SMILES string of the molecule is COCCCOc1cc2c(cc1OC)-c1cc(=O)c(C(=O)O)cn1C[C@H]2CCC(C)(C)C. The van der Waals surface area contributed by atoms with Crippen LogP contribution in [0.1, 0.15) is 61.9 Å². The largest absolute Gasteiger partial charge is 0.493 e. The van der Waals surface area contributed by atoms with Crippen LogP contribution in [0.5, 0.6) is 11.5 Å². The van der Waals surface area contributed by atoms with Gasteiger partial charge in [0.05, 0.1) is 19.4 Å². The van der Waals surface area contributed by atoms with Crippen molar-refractivity contribution in [2.24, 2.45) is 5.41 Å². The van der Waals surface area contributed by atoms with E-state index in [1.807, 2.05) is 16.7 Å². The number of benzene rings is 1. The third-order valence-electron chi connectivity index (χ3n) is 5.82. The molecule has 0 aliphatic carbocycles. The maximum absolute atomic E-state index is 12.4. The summed E-state index contributed by atoms with van der Waals surface area (Å²) in [6.45, 7) is 8.36. The average molecular weight is 444 g/mol. The van der Waals surface area contributed by atoms with Crippen molar-refractivity contribution in [3.8, 4) is 22.8 Å². The number of ether oxygens (including phenoxy) is 3. The molecule has 0 unspecified atom stereocenters. The van der Waals surface area contributed by atoms with E-state index in [4.69, 9.17) is 14.2 Å². The van der Waals surface area contributed by atoms with Gasteiger partial charge in [0, 0.05) is 50.4 Å². The minimum absolute atomic E-state index is 0.160. The molecule has 1 N–H and O–H groups in total. The summed E-state index contributed by atoms with van der Waals surface area (Å²) in [4.78, 5) is 24.0. The summed E-state index contributed by atoms with van der Waals surface area (Å²) in [6.07, 6.45) is 4.17. The molecule has 2 aromatic rings. The number of hydrogen-bond donors (Lipinski definition) is 1. The normalized spacial score (nSPS) is 15.1. The molecule has 0 fully saturated rings. The molecule has 32 heavy (non-hydrogen) atoms. The van der Waals surface area contributed by atoms with Crippen LogP contribution in [0.25, 0.3) is 11.3 Å². The zero-order valence-corrected chi connectivity index (χ0v) is 19.6. The maximum Gasteiger partial charge on any atom is 0.341 e. The first-order chi connectivity index (χ1) is 15.1. The molecular weight excluding hydrogens is 410 g/mol. The van der Waals surface area contributed by atoms with Crippen molar-refractivity contribution in [2.45, 2.75) is 52.5 Å². The molecule has 1 atom stereocenters. The van der Waals surface area contributed by atoms with E-state index in [-0.39, 0.29) is 16.9 Å². The van der Waals surface area contributed by atoms with E-state index in [9.17, 15) is 14.7 Å². The van der Waals surface area contributed by atoms with E-state index in [2.05, 4.69) is 20.8 Å². The molecule has 174 valence electrons. The molecule has 2 heterocycles. The maximum atomic E-state index is 12.4. The molecule has 0 saturated carbocycles. The Bertz CT molecular complexity index is 1030. The predicted octanol–water partition coefficient (Wildman–Crippen LogP) is 4.56. The van der Waals surface area contributed by atoms with Crippen molar-refractivity contribution in [3.05, 3.63) is 45.7 Å². The van der Waals surface area contributed by atoms with Gasteiger partial charge in [-0.25, -0.2) is 4.79 Å². The lowest BCUT2D eigenvalue weighted by molar-refractivity contribution is 0.0694. The monoisotopic (exact) mass is 443 g/mol. The van der Waals surface area contributed by atoms with Gasteiger partial charge in [-0.1, -0.05) is 20.8 Å². The number of methoxy groups -OCH3 is 2. The fourth-order valence-electron chi connectivity index (χ4n) is 4.10. The van der Waals surface area contributed by atoms with Gasteiger partial charge < -0.3 is 23.9 Å². The minimum atomic E-state index is -1.21. The summed E-state index contributed by atoms with van der Waals surface area (Å²) in [7, 11) is 3.25. The van der Waals surface area contributed by atoms with Crippen LogP contribution in [-0.2, 0) is 11.3 Å². The van der Waals surface area contributed by atoms with E-state index in [0.717, 1.165) is 30.4 Å². The second-order valence-corrected chi connectivity index (χ2v) is 9.48. The molecule has 1 aliphatic heterocycles. The van der Waals surface area contributed by atoms with E-state index in [1.54, 1.807) is 14.2 Å². The Kier molecular flexibility index (Phi) is 7.29. The highest BCUT2D eigenvalue weighted by atomic mass is 16.5. The summed E-state index contributed by atoms with van der Waals surface area (Å²) in [5.41, 5.74) is 2.14. The number of hydrogen-bond acceptors (Lipinski definition) is 5. The van der Waals surface area contributed by atoms with E-state index >= 15 is 0 Å². The van der Waals surface area contributed by atoms with Gasteiger partial charge in [0.2, 0.25) is 0 Å². The molecule has 7 heteroatoms. The topological polar surface area (TPSA) is 87.0 Å². The standard InChI is InChI=1S/C25H33NO6/c1-25(2,3)8-7-16-14-26-15-19(24(28)29)21(27)13-20(26)18-12-22(31-5)23(11-17(16)18)32-10-6-9-30-4/h11-13,15-16H,6-10,14H2,1-5H3,(H,28,29)/t16-/m1/s1. The van der Waals surface area contributed by atoms with Crippen LogP contribution in [0.15, 0.2) is 29.2 Å². The van der Waals surface area contributed by atoms with Crippen molar-refractivity contribution in [3.63, 3.8) is 0 Å². The molecule has 0 spiro atoms. The Morgan fingerprint density at radius 3 is 2.53 bits per heavy atom. The van der Waals surface area contributed by atoms with E-state index in [1.165, 1.54) is 12.3 Å². The highest BCUT2D eigenvalue weighted by Gasteiger charge is 2.29. The lowest BCUT2D eigenvalue weighted by atomic mass is 9.80. The number of aromatic nitrogens is 1. The Morgan fingerprint density at radius 1 is 1.16 bits per heavy atom. The first-order valence-corrected chi connectivity index (χ1v) is 11.0. The van der Waals surface area contributed by atoms with Crippen molar-refractivity contribution < 1.29 is 24.1 Å². The molecule has 1 aliphatic rings. The van der Waals surface area contributed by atoms with Crippen LogP contribution < -0.4 is 14.9 Å². The van der Waals surface area contributed by atoms with Crippen LogP contribution in [0.3, 0.4) is 0 Å². The molecule has 1 aromatic carbocycles. The summed E-state index contributed by atoms with van der Waals surface area (Å²) in [6, 6.07) is 5.34. The van der Waals surface area contributed by atoms with Gasteiger partial charge >= 0.3 is 5.97 Å². The lowest BCUT2D eigenvalue weighted by Crippen LogP contribution is -2.25. The van der Waals surface area contributed by atoms with Gasteiger partial charge in [0.25, 0.3) is 0 Å². The Labute approximate surface area is 188 Å². The second kappa shape index (κ2) is 9.77. The third-order valence-corrected chi connectivity index (χ3v) is 5.82. The van der Waals surface area contributed by atoms with Gasteiger partial charge in [0.1, 0.15) is 5.56 Å². The fourth-order valence-corrected chi connectivity index (χ4v) is 4.10. The second-order valence-electron chi connectivity index (χ2n) is 9.48. The van der Waals surface area contributed by atoms with Crippen LogP contribution in [0.4, 0.5) is 0 Å². The van der Waals surface area contributed by atoms with E-state index < -0.39 is 11.4 Å². The highest BCUT2D eigenvalue weighted by Crippen LogP contribution is 2.44. The Balaban J connectivity index is 2.09. The van der Waals surface area contributed by atoms with Gasteiger partial charge in [-0.15, -0.1) is 0 Å². The quantitative estimate of drug-likeness (QED) is 0.572. The van der Waals surface area contributed by atoms with Crippen LogP contribution in [-0.4, -0.2) is 43.1 Å². The first-order valence-electron chi connectivity index (χ1n) is 11.0. The number of carboxylic acids is 1. The van der Waals surface area contributed by atoms with Crippen LogP contribution in [0, 0.1) is 5.41 Å². The van der Waals surface area contributed by atoms with Crippen LogP contribution in [0.2, 0.25) is 0 Å². The molecule has 3 rings (SSSR count). The Morgan fingerprint density at radius 2 is 1.91 bits per heavy atom. The van der Waals surface area contributed by atoms with E-state index in [0.29, 0.717) is 37.0 Å². The van der Waals surface area contributed by atoms with Crippen molar-refractivity contribution >= 4 is 5.97 Å². The van der Waals surface area contributed by atoms with Crippen molar-refractivity contribution in [1.29, 1.82) is 0 Å². The number of pyridine rings is 1. The molecule has 1 aromatic heterocycles. The zero-order chi connectivity index (χ0) is 23.5. The van der Waals surface area contributed by atoms with Gasteiger partial charge in [0.15, 0.2) is 16.9 Å². The fraction of sp³-hybridized carbons (Fsp3) is 0.520.